The van der Waals surface area contributed by atoms with Crippen LogP contribution in [0.15, 0.2) is 22.8 Å². The Morgan fingerprint density at radius 1 is 1.42 bits per heavy atom. The van der Waals surface area contributed by atoms with E-state index in [1.165, 1.54) is 0 Å². The summed E-state index contributed by atoms with van der Waals surface area (Å²) in [4.78, 5) is 14.8. The van der Waals surface area contributed by atoms with E-state index in [4.69, 9.17) is 9.15 Å². The Bertz CT molecular complexity index is 487. The summed E-state index contributed by atoms with van der Waals surface area (Å²) in [6, 6.07) is 3.51. The van der Waals surface area contributed by atoms with Gasteiger partial charge in [-0.2, -0.15) is 0 Å². The first-order chi connectivity index (χ1) is 9.31. The number of ether oxygens (including phenoxy) is 1. The molecule has 0 radical (unpaired) electrons. The highest BCUT2D eigenvalue weighted by molar-refractivity contribution is 5.96. The molecule has 5 heteroatoms. The van der Waals surface area contributed by atoms with Crippen molar-refractivity contribution in [2.45, 2.75) is 26.2 Å². The number of hydrogen-bond donors (Lipinski definition) is 2. The largest absolute Gasteiger partial charge is 0.463 e. The number of furan rings is 1. The molecule has 0 saturated heterocycles. The number of H-pyrrole nitrogens is 1. The van der Waals surface area contributed by atoms with Gasteiger partial charge in [-0.3, -0.25) is 4.79 Å². The summed E-state index contributed by atoms with van der Waals surface area (Å²) in [5.74, 6) is -0.111. The second-order valence-electron chi connectivity index (χ2n) is 4.46. The van der Waals surface area contributed by atoms with Gasteiger partial charge in [-0.25, -0.2) is 0 Å². The molecule has 2 rings (SSSR count). The van der Waals surface area contributed by atoms with Gasteiger partial charge in [-0.15, -0.1) is 0 Å². The predicted molar refractivity (Wildman–Crippen MR) is 73.2 cm³/mol. The van der Waals surface area contributed by atoms with Crippen LogP contribution in [-0.2, 0) is 4.74 Å². The summed E-state index contributed by atoms with van der Waals surface area (Å²) in [5.41, 5.74) is 2.07. The van der Waals surface area contributed by atoms with Crippen molar-refractivity contribution < 1.29 is 13.9 Å². The highest BCUT2D eigenvalue weighted by Gasteiger charge is 2.10. The lowest BCUT2D eigenvalue weighted by Crippen LogP contribution is -2.25. The number of carbonyl (C=O) groups is 1. The second-order valence-corrected chi connectivity index (χ2v) is 4.46. The summed E-state index contributed by atoms with van der Waals surface area (Å²) >= 11 is 0. The molecule has 0 bridgehead atoms. The number of amides is 1. The smallest absolute Gasteiger partial charge is 0.267 e. The van der Waals surface area contributed by atoms with Crippen LogP contribution in [0.2, 0.25) is 0 Å². The van der Waals surface area contributed by atoms with Gasteiger partial charge in [-0.1, -0.05) is 13.3 Å². The zero-order valence-electron chi connectivity index (χ0n) is 11.2. The number of aromatic nitrogens is 1. The van der Waals surface area contributed by atoms with Crippen molar-refractivity contribution >= 4 is 17.0 Å². The first kappa shape index (κ1) is 13.7. The number of fused-ring (bicyclic) bond motifs is 1. The van der Waals surface area contributed by atoms with E-state index in [0.29, 0.717) is 24.4 Å². The van der Waals surface area contributed by atoms with Gasteiger partial charge < -0.3 is 19.5 Å². The van der Waals surface area contributed by atoms with Crippen LogP contribution in [0.1, 0.15) is 36.7 Å². The van der Waals surface area contributed by atoms with E-state index >= 15 is 0 Å². The van der Waals surface area contributed by atoms with Gasteiger partial charge in [0.25, 0.3) is 5.91 Å². The lowest BCUT2D eigenvalue weighted by Gasteiger charge is -2.04. The van der Waals surface area contributed by atoms with Crippen molar-refractivity contribution in [3.05, 3.63) is 24.1 Å². The molecular formula is C14H20N2O3. The third-order valence-corrected chi connectivity index (χ3v) is 2.88. The van der Waals surface area contributed by atoms with Crippen LogP contribution in [0.5, 0.6) is 0 Å². The summed E-state index contributed by atoms with van der Waals surface area (Å²) in [7, 11) is 0. The topological polar surface area (TPSA) is 67.3 Å². The Morgan fingerprint density at radius 2 is 2.26 bits per heavy atom. The average Bonchev–Trinajstić information content (AvgIpc) is 2.98. The third kappa shape index (κ3) is 3.86. The fourth-order valence-electron chi connectivity index (χ4n) is 1.79. The molecule has 5 nitrogen and oxygen atoms in total. The minimum Gasteiger partial charge on any atom is -0.463 e. The Balaban J connectivity index is 1.66. The molecule has 2 N–H and O–H groups in total. The van der Waals surface area contributed by atoms with Crippen molar-refractivity contribution in [2.75, 3.05) is 19.8 Å². The molecule has 0 spiro atoms. The monoisotopic (exact) mass is 264 g/mol. The molecule has 2 aromatic rings. The van der Waals surface area contributed by atoms with Crippen LogP contribution >= 0.6 is 0 Å². The Labute approximate surface area is 112 Å². The molecule has 104 valence electrons. The van der Waals surface area contributed by atoms with Gasteiger partial charge in [0.05, 0.1) is 11.8 Å². The average molecular weight is 264 g/mol. The van der Waals surface area contributed by atoms with Crippen molar-refractivity contribution in [2.24, 2.45) is 0 Å². The molecule has 0 fully saturated rings. The third-order valence-electron chi connectivity index (χ3n) is 2.88. The predicted octanol–water partition coefficient (Wildman–Crippen LogP) is 2.70. The second kappa shape index (κ2) is 6.99. The minimum atomic E-state index is -0.111. The number of hydrogen-bond acceptors (Lipinski definition) is 3. The molecule has 0 aliphatic rings. The number of aromatic amines is 1. The van der Waals surface area contributed by atoms with Gasteiger partial charge >= 0.3 is 0 Å². The first-order valence-electron chi connectivity index (χ1n) is 6.73. The lowest BCUT2D eigenvalue weighted by molar-refractivity contribution is 0.0936. The highest BCUT2D eigenvalue weighted by Crippen LogP contribution is 2.15. The normalized spacial score (nSPS) is 11.0. The van der Waals surface area contributed by atoms with E-state index < -0.39 is 0 Å². The molecule has 2 aromatic heterocycles. The van der Waals surface area contributed by atoms with E-state index in [2.05, 4.69) is 17.2 Å². The molecule has 0 aliphatic carbocycles. The SMILES string of the molecule is CCCCOCCCNC(=O)c1cc2occc2[nH]1. The van der Waals surface area contributed by atoms with Crippen LogP contribution in [0.25, 0.3) is 11.1 Å². The van der Waals surface area contributed by atoms with Crippen LogP contribution in [0, 0.1) is 0 Å². The Kier molecular flexibility index (Phi) is 5.03. The van der Waals surface area contributed by atoms with E-state index in [9.17, 15) is 4.79 Å². The van der Waals surface area contributed by atoms with E-state index in [1.54, 1.807) is 18.4 Å². The highest BCUT2D eigenvalue weighted by atomic mass is 16.5. The molecule has 0 aromatic carbocycles. The van der Waals surface area contributed by atoms with Gasteiger partial charge in [0.1, 0.15) is 5.69 Å². The standard InChI is InChI=1S/C14H20N2O3/c1-2-3-7-18-8-4-6-15-14(17)12-10-13-11(16-12)5-9-19-13/h5,9-10,16H,2-4,6-8H2,1H3,(H,15,17). The van der Waals surface area contributed by atoms with Crippen molar-refractivity contribution in [1.82, 2.24) is 10.3 Å². The summed E-state index contributed by atoms with van der Waals surface area (Å²) in [5, 5.41) is 2.85. The number of unbranched alkanes of at least 4 members (excludes halogenated alkanes) is 1. The van der Waals surface area contributed by atoms with Crippen LogP contribution in [0.3, 0.4) is 0 Å². The fraction of sp³-hybridized carbons (Fsp3) is 0.500. The summed E-state index contributed by atoms with van der Waals surface area (Å²) in [6.07, 6.45) is 4.65. The zero-order valence-corrected chi connectivity index (χ0v) is 11.2. The molecule has 0 saturated carbocycles. The quantitative estimate of drug-likeness (QED) is 0.720. The van der Waals surface area contributed by atoms with Crippen LogP contribution in [-0.4, -0.2) is 30.6 Å². The van der Waals surface area contributed by atoms with Crippen molar-refractivity contribution in [3.63, 3.8) is 0 Å². The van der Waals surface area contributed by atoms with E-state index in [0.717, 1.165) is 31.4 Å². The number of rotatable bonds is 8. The fourth-order valence-corrected chi connectivity index (χ4v) is 1.79. The minimum absolute atomic E-state index is 0.111. The lowest BCUT2D eigenvalue weighted by atomic mass is 10.3. The van der Waals surface area contributed by atoms with E-state index in [-0.39, 0.29) is 5.91 Å². The van der Waals surface area contributed by atoms with Gasteiger partial charge in [0.15, 0.2) is 5.58 Å². The van der Waals surface area contributed by atoms with Crippen molar-refractivity contribution in [3.8, 4) is 0 Å². The number of nitrogens with one attached hydrogen (secondary N) is 2. The van der Waals surface area contributed by atoms with Crippen LogP contribution in [0.4, 0.5) is 0 Å². The summed E-state index contributed by atoms with van der Waals surface area (Å²) in [6.45, 7) is 4.24. The molecule has 0 atom stereocenters. The van der Waals surface area contributed by atoms with Gasteiger partial charge in [0.2, 0.25) is 0 Å². The summed E-state index contributed by atoms with van der Waals surface area (Å²) < 4.78 is 10.6. The molecule has 2 heterocycles. The maximum atomic E-state index is 11.8. The van der Waals surface area contributed by atoms with Crippen molar-refractivity contribution in [1.29, 1.82) is 0 Å². The van der Waals surface area contributed by atoms with Crippen LogP contribution < -0.4 is 5.32 Å². The maximum Gasteiger partial charge on any atom is 0.267 e. The molecule has 0 unspecified atom stereocenters. The molecule has 1 amide bonds. The molecule has 19 heavy (non-hydrogen) atoms. The first-order valence-corrected chi connectivity index (χ1v) is 6.73. The van der Waals surface area contributed by atoms with Gasteiger partial charge in [0, 0.05) is 31.9 Å². The molecule has 0 aliphatic heterocycles. The van der Waals surface area contributed by atoms with Gasteiger partial charge in [-0.05, 0) is 12.8 Å². The zero-order chi connectivity index (χ0) is 13.5. The van der Waals surface area contributed by atoms with E-state index in [1.807, 2.05) is 0 Å². The maximum absolute atomic E-state index is 11.8. The Hall–Kier alpha value is -1.75. The number of carbonyl (C=O) groups excluding carboxylic acids is 1. The molecular weight excluding hydrogens is 244 g/mol. The Morgan fingerprint density at radius 3 is 3.05 bits per heavy atom.